The summed E-state index contributed by atoms with van der Waals surface area (Å²) in [5.41, 5.74) is 0.651. The van der Waals surface area contributed by atoms with Crippen molar-refractivity contribution in [3.63, 3.8) is 0 Å². The molecular weight excluding hydrogens is 356 g/mol. The highest BCUT2D eigenvalue weighted by Crippen LogP contribution is 2.32. The van der Waals surface area contributed by atoms with Crippen LogP contribution in [0.15, 0.2) is 26.0 Å². The van der Waals surface area contributed by atoms with Crippen LogP contribution in [0.25, 0.3) is 0 Å². The topological polar surface area (TPSA) is 34.9 Å². The largest absolute Gasteiger partial charge is 0.328 e. The van der Waals surface area contributed by atoms with E-state index in [2.05, 4.69) is 36.8 Å². The van der Waals surface area contributed by atoms with E-state index in [0.717, 1.165) is 14.1 Å². The highest BCUT2D eigenvalue weighted by Gasteiger charge is 2.19. The molecule has 16 heavy (non-hydrogen) atoms. The zero-order valence-corrected chi connectivity index (χ0v) is 12.4. The van der Waals surface area contributed by atoms with Gasteiger partial charge in [0, 0.05) is 18.9 Å². The van der Waals surface area contributed by atoms with Gasteiger partial charge in [0.15, 0.2) is 5.82 Å². The third kappa shape index (κ3) is 2.14. The summed E-state index contributed by atoms with van der Waals surface area (Å²) in [6.45, 7) is 2.72. The number of aromatic nitrogens is 2. The van der Waals surface area contributed by atoms with Gasteiger partial charge in [0.1, 0.15) is 0 Å². The second-order valence-electron chi connectivity index (χ2n) is 3.10. The van der Waals surface area contributed by atoms with Crippen LogP contribution in [-0.4, -0.2) is 15.3 Å². The number of carbonyl (C=O) groups is 1. The molecule has 0 unspecified atom stereocenters. The fraction of sp³-hybridized carbons (Fsp3) is 0.200. The van der Waals surface area contributed by atoms with Gasteiger partial charge in [0.05, 0.1) is 13.1 Å². The number of rotatable bonds is 3. The Balaban J connectivity index is 2.43. The molecule has 0 fully saturated rings. The number of nitrogens with zero attached hydrogens (tertiary/aromatic N) is 2. The highest BCUT2D eigenvalue weighted by atomic mass is 79.9. The van der Waals surface area contributed by atoms with Crippen LogP contribution in [0.2, 0.25) is 0 Å². The molecule has 3 nitrogen and oxygen atoms in total. The van der Waals surface area contributed by atoms with E-state index in [1.54, 1.807) is 6.20 Å². The fourth-order valence-corrected chi connectivity index (χ4v) is 4.18. The number of aryl methyl sites for hydroxylation is 1. The van der Waals surface area contributed by atoms with E-state index in [0.29, 0.717) is 11.4 Å². The molecule has 2 aromatic rings. The van der Waals surface area contributed by atoms with Gasteiger partial charge in [-0.25, -0.2) is 4.98 Å². The van der Waals surface area contributed by atoms with E-state index in [4.69, 9.17) is 0 Å². The first-order valence-corrected chi connectivity index (χ1v) is 7.04. The molecule has 0 aromatic carbocycles. The standard InChI is InChI=1S/C10H8Br2N2OS/c1-2-14-4-3-13-10(14)8(15)6-5-7(11)16-9(6)12/h3-5H,2H2,1H3. The normalized spacial score (nSPS) is 10.7. The number of ketones is 1. The number of imidazole rings is 1. The van der Waals surface area contributed by atoms with E-state index in [1.165, 1.54) is 11.3 Å². The Morgan fingerprint density at radius 2 is 2.31 bits per heavy atom. The van der Waals surface area contributed by atoms with Gasteiger partial charge in [-0.1, -0.05) is 0 Å². The third-order valence-electron chi connectivity index (χ3n) is 2.16. The Morgan fingerprint density at radius 1 is 1.56 bits per heavy atom. The van der Waals surface area contributed by atoms with Crippen LogP contribution in [0.1, 0.15) is 23.1 Å². The fourth-order valence-electron chi connectivity index (χ4n) is 1.39. The lowest BCUT2D eigenvalue weighted by Gasteiger charge is -2.02. The molecule has 0 spiro atoms. The van der Waals surface area contributed by atoms with Crippen molar-refractivity contribution in [1.82, 2.24) is 9.55 Å². The van der Waals surface area contributed by atoms with Crippen LogP contribution in [0.4, 0.5) is 0 Å². The first-order chi connectivity index (χ1) is 7.63. The van der Waals surface area contributed by atoms with Crippen molar-refractivity contribution < 1.29 is 4.79 Å². The monoisotopic (exact) mass is 362 g/mol. The average Bonchev–Trinajstić information content (AvgIpc) is 2.83. The van der Waals surface area contributed by atoms with Crippen molar-refractivity contribution in [3.05, 3.63) is 37.4 Å². The molecule has 0 aliphatic heterocycles. The number of hydrogen-bond acceptors (Lipinski definition) is 3. The van der Waals surface area contributed by atoms with Crippen LogP contribution >= 0.6 is 43.2 Å². The van der Waals surface area contributed by atoms with Gasteiger partial charge in [-0.15, -0.1) is 11.3 Å². The van der Waals surface area contributed by atoms with Crippen LogP contribution in [0, 0.1) is 0 Å². The Bertz CT molecular complexity index is 533. The van der Waals surface area contributed by atoms with Gasteiger partial charge < -0.3 is 4.57 Å². The van der Waals surface area contributed by atoms with E-state index < -0.39 is 0 Å². The van der Waals surface area contributed by atoms with Crippen LogP contribution < -0.4 is 0 Å². The third-order valence-corrected chi connectivity index (χ3v) is 4.50. The first kappa shape index (κ1) is 12.0. The van der Waals surface area contributed by atoms with E-state index in [9.17, 15) is 4.79 Å². The van der Waals surface area contributed by atoms with E-state index in [-0.39, 0.29) is 5.78 Å². The summed E-state index contributed by atoms with van der Waals surface area (Å²) in [6.07, 6.45) is 3.45. The van der Waals surface area contributed by atoms with Gasteiger partial charge in [-0.2, -0.15) is 0 Å². The molecule has 2 heterocycles. The SMILES string of the molecule is CCn1ccnc1C(=O)c1cc(Br)sc1Br. The molecule has 0 aliphatic carbocycles. The molecule has 0 saturated carbocycles. The smallest absolute Gasteiger partial charge is 0.230 e. The van der Waals surface area contributed by atoms with Crippen molar-refractivity contribution in [2.45, 2.75) is 13.5 Å². The van der Waals surface area contributed by atoms with Crippen molar-refractivity contribution in [2.24, 2.45) is 0 Å². The summed E-state index contributed by atoms with van der Waals surface area (Å²) in [4.78, 5) is 16.3. The maximum atomic E-state index is 12.2. The minimum absolute atomic E-state index is 0.0549. The Morgan fingerprint density at radius 3 is 2.88 bits per heavy atom. The molecule has 0 bridgehead atoms. The van der Waals surface area contributed by atoms with Gasteiger partial charge in [-0.05, 0) is 44.8 Å². The summed E-state index contributed by atoms with van der Waals surface area (Å²) in [5.74, 6) is 0.425. The van der Waals surface area contributed by atoms with Gasteiger partial charge in [-0.3, -0.25) is 4.79 Å². The molecule has 0 N–H and O–H groups in total. The number of carbonyl (C=O) groups excluding carboxylic acids is 1. The zero-order valence-electron chi connectivity index (χ0n) is 8.41. The predicted octanol–water partition coefficient (Wildman–Crippen LogP) is 3.72. The van der Waals surface area contributed by atoms with Crippen LogP contribution in [0.3, 0.4) is 0 Å². The highest BCUT2D eigenvalue weighted by molar-refractivity contribution is 9.12. The second kappa shape index (κ2) is 4.81. The predicted molar refractivity (Wildman–Crippen MR) is 71.1 cm³/mol. The Labute approximate surface area is 114 Å². The Hall–Kier alpha value is -0.460. The molecule has 2 rings (SSSR count). The lowest BCUT2D eigenvalue weighted by Crippen LogP contribution is -2.10. The number of hydrogen-bond donors (Lipinski definition) is 0. The maximum Gasteiger partial charge on any atom is 0.230 e. The minimum atomic E-state index is -0.0549. The minimum Gasteiger partial charge on any atom is -0.328 e. The van der Waals surface area contributed by atoms with Gasteiger partial charge in [0.25, 0.3) is 0 Å². The van der Waals surface area contributed by atoms with Crippen molar-refractivity contribution in [1.29, 1.82) is 0 Å². The summed E-state index contributed by atoms with van der Waals surface area (Å²) in [5, 5.41) is 0. The average molecular weight is 364 g/mol. The lowest BCUT2D eigenvalue weighted by molar-refractivity contribution is 0.102. The molecule has 0 aliphatic rings. The molecular formula is C10H8Br2N2OS. The van der Waals surface area contributed by atoms with Crippen LogP contribution in [0.5, 0.6) is 0 Å². The number of halogens is 2. The molecule has 0 amide bonds. The Kier molecular flexibility index (Phi) is 3.61. The molecule has 0 atom stereocenters. The molecule has 84 valence electrons. The molecule has 6 heteroatoms. The molecule has 0 saturated heterocycles. The summed E-state index contributed by atoms with van der Waals surface area (Å²) in [7, 11) is 0. The zero-order chi connectivity index (χ0) is 11.7. The number of thiophene rings is 1. The van der Waals surface area contributed by atoms with Gasteiger partial charge in [0.2, 0.25) is 5.78 Å². The van der Waals surface area contributed by atoms with Crippen molar-refractivity contribution in [3.8, 4) is 0 Å². The summed E-state index contributed by atoms with van der Waals surface area (Å²) >= 11 is 8.22. The van der Waals surface area contributed by atoms with Crippen LogP contribution in [-0.2, 0) is 6.54 Å². The molecule has 2 aromatic heterocycles. The van der Waals surface area contributed by atoms with Crippen molar-refractivity contribution >= 4 is 49.0 Å². The second-order valence-corrected chi connectivity index (χ2v) is 6.85. The lowest BCUT2D eigenvalue weighted by atomic mass is 10.2. The quantitative estimate of drug-likeness (QED) is 0.779. The van der Waals surface area contributed by atoms with Gasteiger partial charge >= 0.3 is 0 Å². The van der Waals surface area contributed by atoms with E-state index in [1.807, 2.05) is 23.8 Å². The molecule has 0 radical (unpaired) electrons. The summed E-state index contributed by atoms with van der Waals surface area (Å²) in [6, 6.07) is 1.81. The van der Waals surface area contributed by atoms with Crippen molar-refractivity contribution in [2.75, 3.05) is 0 Å². The van der Waals surface area contributed by atoms with E-state index >= 15 is 0 Å². The maximum absolute atomic E-state index is 12.2. The first-order valence-electron chi connectivity index (χ1n) is 4.64. The summed E-state index contributed by atoms with van der Waals surface area (Å²) < 4.78 is 3.59.